The first-order chi connectivity index (χ1) is 15.2. The predicted octanol–water partition coefficient (Wildman–Crippen LogP) is 3.95. The number of carbonyl (C=O) groups excluding carboxylic acids is 2. The number of anilines is 1. The van der Waals surface area contributed by atoms with Crippen LogP contribution in [0.25, 0.3) is 0 Å². The van der Waals surface area contributed by atoms with Crippen LogP contribution < -0.4 is 5.32 Å². The Morgan fingerprint density at radius 3 is 2.50 bits per heavy atom. The van der Waals surface area contributed by atoms with E-state index in [1.54, 1.807) is 29.2 Å². The van der Waals surface area contributed by atoms with E-state index in [0.29, 0.717) is 30.8 Å². The fraction of sp³-hybridized carbons (Fsp3) is 0.462. The fourth-order valence-corrected chi connectivity index (χ4v) is 3.95. The van der Waals surface area contributed by atoms with Crippen LogP contribution in [0, 0.1) is 5.41 Å². The number of nitrogens with zero attached hydrogens (tertiary/aromatic N) is 1. The summed E-state index contributed by atoms with van der Waals surface area (Å²) in [4.78, 5) is 26.4. The second-order valence-electron chi connectivity index (χ2n) is 9.61. The summed E-state index contributed by atoms with van der Waals surface area (Å²) in [6, 6.07) is 16.9. The molecule has 6 nitrogen and oxygen atoms in total. The molecule has 2 amide bonds. The molecule has 0 aliphatic carbocycles. The third kappa shape index (κ3) is 6.90. The zero-order valence-corrected chi connectivity index (χ0v) is 19.2. The van der Waals surface area contributed by atoms with Crippen molar-refractivity contribution in [2.24, 2.45) is 5.41 Å². The number of aliphatic hydroxyl groups is 1. The van der Waals surface area contributed by atoms with Crippen molar-refractivity contribution < 1.29 is 19.4 Å². The van der Waals surface area contributed by atoms with Crippen molar-refractivity contribution in [3.63, 3.8) is 0 Å². The van der Waals surface area contributed by atoms with Crippen LogP contribution in [-0.4, -0.2) is 47.6 Å². The Hall–Kier alpha value is -2.70. The molecule has 0 radical (unpaired) electrons. The molecule has 172 valence electrons. The van der Waals surface area contributed by atoms with Crippen molar-refractivity contribution in [1.82, 2.24) is 4.90 Å². The third-order valence-corrected chi connectivity index (χ3v) is 5.53. The van der Waals surface area contributed by atoms with Crippen molar-refractivity contribution in [2.75, 3.05) is 25.1 Å². The van der Waals surface area contributed by atoms with E-state index in [9.17, 15) is 14.7 Å². The minimum Gasteiger partial charge on any atom is -0.386 e. The normalized spacial score (nSPS) is 17.8. The van der Waals surface area contributed by atoms with Crippen LogP contribution in [0.1, 0.15) is 50.8 Å². The van der Waals surface area contributed by atoms with Gasteiger partial charge in [0.1, 0.15) is 12.7 Å². The predicted molar refractivity (Wildman–Crippen MR) is 125 cm³/mol. The van der Waals surface area contributed by atoms with Gasteiger partial charge in [-0.1, -0.05) is 63.2 Å². The highest BCUT2D eigenvalue weighted by Gasteiger charge is 2.34. The van der Waals surface area contributed by atoms with Gasteiger partial charge in [0.2, 0.25) is 11.8 Å². The Kier molecular flexibility index (Phi) is 8.04. The maximum Gasteiger partial charge on any atom is 0.248 e. The molecule has 2 atom stereocenters. The van der Waals surface area contributed by atoms with E-state index in [-0.39, 0.29) is 23.8 Å². The highest BCUT2D eigenvalue weighted by atomic mass is 16.5. The topological polar surface area (TPSA) is 78.9 Å². The van der Waals surface area contributed by atoms with Crippen LogP contribution in [-0.2, 0) is 20.7 Å². The van der Waals surface area contributed by atoms with Gasteiger partial charge in [0.25, 0.3) is 0 Å². The van der Waals surface area contributed by atoms with Gasteiger partial charge in [-0.25, -0.2) is 0 Å². The maximum atomic E-state index is 12.5. The SMILES string of the molecule is CC(C)(C)CC(=O)Nc1ccc(C(O)C2COCC(=O)N2CCCc2ccccc2)cc1. The second kappa shape index (κ2) is 10.7. The molecule has 0 aromatic heterocycles. The molecular weight excluding hydrogens is 404 g/mol. The molecule has 1 aliphatic heterocycles. The average molecular weight is 439 g/mol. The summed E-state index contributed by atoms with van der Waals surface area (Å²) < 4.78 is 5.45. The molecule has 6 heteroatoms. The number of nitrogens with one attached hydrogen (secondary N) is 1. The van der Waals surface area contributed by atoms with Crippen molar-refractivity contribution >= 4 is 17.5 Å². The number of aryl methyl sites for hydroxylation is 1. The summed E-state index contributed by atoms with van der Waals surface area (Å²) in [7, 11) is 0. The van der Waals surface area contributed by atoms with Gasteiger partial charge in [-0.3, -0.25) is 9.59 Å². The van der Waals surface area contributed by atoms with Crippen LogP contribution in [0.2, 0.25) is 0 Å². The molecular formula is C26H34N2O4. The van der Waals surface area contributed by atoms with Crippen molar-refractivity contribution in [1.29, 1.82) is 0 Å². The molecule has 1 fully saturated rings. The molecule has 1 saturated heterocycles. The van der Waals surface area contributed by atoms with Crippen molar-refractivity contribution in [2.45, 2.75) is 52.2 Å². The summed E-state index contributed by atoms with van der Waals surface area (Å²) in [6.45, 7) is 6.97. The van der Waals surface area contributed by atoms with E-state index < -0.39 is 12.1 Å². The Morgan fingerprint density at radius 2 is 1.84 bits per heavy atom. The summed E-state index contributed by atoms with van der Waals surface area (Å²) in [6.07, 6.45) is 1.25. The highest BCUT2D eigenvalue weighted by molar-refractivity contribution is 5.91. The first-order valence-electron chi connectivity index (χ1n) is 11.2. The van der Waals surface area contributed by atoms with Gasteiger partial charge in [-0.15, -0.1) is 0 Å². The van der Waals surface area contributed by atoms with Gasteiger partial charge < -0.3 is 20.1 Å². The number of benzene rings is 2. The largest absolute Gasteiger partial charge is 0.386 e. The highest BCUT2D eigenvalue weighted by Crippen LogP contribution is 2.26. The molecule has 32 heavy (non-hydrogen) atoms. The van der Waals surface area contributed by atoms with Crippen LogP contribution in [0.3, 0.4) is 0 Å². The number of carbonyl (C=O) groups is 2. The fourth-order valence-electron chi connectivity index (χ4n) is 3.95. The number of hydrogen-bond acceptors (Lipinski definition) is 4. The van der Waals surface area contributed by atoms with Crippen LogP contribution >= 0.6 is 0 Å². The molecule has 1 aliphatic rings. The van der Waals surface area contributed by atoms with Crippen molar-refractivity contribution in [3.05, 3.63) is 65.7 Å². The first kappa shape index (κ1) is 24.0. The van der Waals surface area contributed by atoms with Gasteiger partial charge >= 0.3 is 0 Å². The standard InChI is InChI=1S/C26H34N2O4/c1-26(2,3)16-23(29)27-21-13-11-20(12-14-21)25(31)22-17-32-18-24(30)28(22)15-7-10-19-8-5-4-6-9-19/h4-6,8-9,11-14,22,25,31H,7,10,15-18H2,1-3H3,(H,27,29). The minimum absolute atomic E-state index is 0.0401. The lowest BCUT2D eigenvalue weighted by Gasteiger charge is -2.38. The molecule has 2 unspecified atom stereocenters. The molecule has 2 aromatic carbocycles. The molecule has 0 bridgehead atoms. The van der Waals surface area contributed by atoms with Gasteiger partial charge in [0.15, 0.2) is 0 Å². The Bertz CT molecular complexity index is 890. The van der Waals surface area contributed by atoms with Crippen LogP contribution in [0.5, 0.6) is 0 Å². The van der Waals surface area contributed by atoms with E-state index in [1.165, 1.54) is 5.56 Å². The Balaban J connectivity index is 1.61. The first-order valence-corrected chi connectivity index (χ1v) is 11.2. The zero-order valence-electron chi connectivity index (χ0n) is 19.2. The average Bonchev–Trinajstić information content (AvgIpc) is 2.74. The number of ether oxygens (including phenoxy) is 1. The summed E-state index contributed by atoms with van der Waals surface area (Å²) >= 11 is 0. The molecule has 1 heterocycles. The van der Waals surface area contributed by atoms with Crippen LogP contribution in [0.15, 0.2) is 54.6 Å². The Labute approximate surface area is 190 Å². The van der Waals surface area contributed by atoms with E-state index in [4.69, 9.17) is 4.74 Å². The minimum atomic E-state index is -0.865. The summed E-state index contributed by atoms with van der Waals surface area (Å²) in [5.74, 6) is -0.138. The van der Waals surface area contributed by atoms with Crippen molar-refractivity contribution in [3.8, 4) is 0 Å². The van der Waals surface area contributed by atoms with E-state index in [0.717, 1.165) is 12.8 Å². The van der Waals surface area contributed by atoms with Gasteiger partial charge in [0, 0.05) is 18.7 Å². The maximum absolute atomic E-state index is 12.5. The number of morpholine rings is 1. The monoisotopic (exact) mass is 438 g/mol. The summed E-state index contributed by atoms with van der Waals surface area (Å²) in [5.41, 5.74) is 2.52. The van der Waals surface area contributed by atoms with Gasteiger partial charge in [-0.05, 0) is 41.5 Å². The number of aliphatic hydroxyl groups excluding tert-OH is 1. The molecule has 0 saturated carbocycles. The number of rotatable bonds is 8. The van der Waals surface area contributed by atoms with Gasteiger partial charge in [-0.2, -0.15) is 0 Å². The lowest BCUT2D eigenvalue weighted by molar-refractivity contribution is -0.154. The molecule has 2 aromatic rings. The molecule has 2 N–H and O–H groups in total. The van der Waals surface area contributed by atoms with Gasteiger partial charge in [0.05, 0.1) is 12.6 Å². The Morgan fingerprint density at radius 1 is 1.16 bits per heavy atom. The summed E-state index contributed by atoms with van der Waals surface area (Å²) in [5, 5.41) is 13.9. The smallest absolute Gasteiger partial charge is 0.248 e. The number of amides is 2. The second-order valence-corrected chi connectivity index (χ2v) is 9.61. The van der Waals surface area contributed by atoms with E-state index >= 15 is 0 Å². The van der Waals surface area contributed by atoms with E-state index in [2.05, 4.69) is 17.4 Å². The molecule has 3 rings (SSSR count). The quantitative estimate of drug-likeness (QED) is 0.654. The van der Waals surface area contributed by atoms with E-state index in [1.807, 2.05) is 39.0 Å². The third-order valence-electron chi connectivity index (χ3n) is 5.53. The lowest BCUT2D eigenvalue weighted by atomic mass is 9.92. The molecule has 0 spiro atoms. The van der Waals surface area contributed by atoms with Crippen LogP contribution in [0.4, 0.5) is 5.69 Å². The number of hydrogen-bond donors (Lipinski definition) is 2. The zero-order chi connectivity index (χ0) is 23.1. The lowest BCUT2D eigenvalue weighted by Crippen LogP contribution is -2.52.